The van der Waals surface area contributed by atoms with Gasteiger partial charge in [0.05, 0.1) is 20.1 Å². The fraction of sp³-hybridized carbons (Fsp3) is 0.364. The van der Waals surface area contributed by atoms with Crippen molar-refractivity contribution < 1.29 is 24.2 Å². The first-order valence-electron chi connectivity index (χ1n) is 9.18. The van der Waals surface area contributed by atoms with Gasteiger partial charge < -0.3 is 19.9 Å². The van der Waals surface area contributed by atoms with Crippen molar-refractivity contribution in [1.82, 2.24) is 5.32 Å². The maximum atomic E-state index is 12.2. The molecule has 1 amide bonds. The smallest absolute Gasteiger partial charge is 0.308 e. The maximum Gasteiger partial charge on any atom is 0.308 e. The van der Waals surface area contributed by atoms with Crippen molar-refractivity contribution in [3.05, 3.63) is 59.2 Å². The second-order valence-corrected chi connectivity index (χ2v) is 6.75. The summed E-state index contributed by atoms with van der Waals surface area (Å²) in [5.41, 5.74) is 2.95. The van der Waals surface area contributed by atoms with Crippen LogP contribution in [0.15, 0.2) is 42.5 Å². The van der Waals surface area contributed by atoms with E-state index in [2.05, 4.69) is 5.32 Å². The fourth-order valence-corrected chi connectivity index (χ4v) is 2.96. The van der Waals surface area contributed by atoms with Crippen LogP contribution in [0.4, 0.5) is 0 Å². The van der Waals surface area contributed by atoms with E-state index in [-0.39, 0.29) is 18.9 Å². The van der Waals surface area contributed by atoms with E-state index in [4.69, 9.17) is 9.47 Å². The Kier molecular flexibility index (Phi) is 7.87. The monoisotopic (exact) mass is 385 g/mol. The van der Waals surface area contributed by atoms with E-state index in [1.54, 1.807) is 20.3 Å². The van der Waals surface area contributed by atoms with Crippen LogP contribution in [-0.2, 0) is 22.4 Å². The van der Waals surface area contributed by atoms with Crippen molar-refractivity contribution in [2.75, 3.05) is 20.8 Å². The van der Waals surface area contributed by atoms with Crippen molar-refractivity contribution in [1.29, 1.82) is 0 Å². The normalized spacial score (nSPS) is 11.5. The van der Waals surface area contributed by atoms with E-state index in [9.17, 15) is 14.7 Å². The summed E-state index contributed by atoms with van der Waals surface area (Å²) >= 11 is 0. The van der Waals surface area contributed by atoms with Crippen molar-refractivity contribution in [3.8, 4) is 11.5 Å². The molecule has 6 heteroatoms. The van der Waals surface area contributed by atoms with Gasteiger partial charge in [-0.15, -0.1) is 0 Å². The number of carboxylic acid groups (broad SMARTS) is 1. The molecule has 0 heterocycles. The summed E-state index contributed by atoms with van der Waals surface area (Å²) < 4.78 is 10.5. The van der Waals surface area contributed by atoms with Crippen molar-refractivity contribution in [3.63, 3.8) is 0 Å². The molecule has 0 saturated heterocycles. The summed E-state index contributed by atoms with van der Waals surface area (Å²) in [6.45, 7) is 2.07. The molecule has 0 saturated carbocycles. The highest BCUT2D eigenvalue weighted by Crippen LogP contribution is 2.23. The zero-order valence-corrected chi connectivity index (χ0v) is 16.5. The van der Waals surface area contributed by atoms with E-state index in [0.717, 1.165) is 16.7 Å². The first-order chi connectivity index (χ1) is 13.4. The van der Waals surface area contributed by atoms with E-state index in [1.165, 1.54) is 0 Å². The van der Waals surface area contributed by atoms with Gasteiger partial charge in [0.25, 0.3) is 0 Å². The number of rotatable bonds is 10. The number of hydrogen-bond donors (Lipinski definition) is 2. The van der Waals surface area contributed by atoms with E-state index < -0.39 is 11.9 Å². The first-order valence-corrected chi connectivity index (χ1v) is 9.18. The Morgan fingerprint density at radius 2 is 1.71 bits per heavy atom. The largest absolute Gasteiger partial charge is 0.497 e. The van der Waals surface area contributed by atoms with Crippen LogP contribution in [0.25, 0.3) is 0 Å². The number of aryl methyl sites for hydroxylation is 2. The molecule has 2 aromatic rings. The zero-order chi connectivity index (χ0) is 20.5. The molecule has 6 nitrogen and oxygen atoms in total. The molecule has 1 atom stereocenters. The molecule has 28 heavy (non-hydrogen) atoms. The second-order valence-electron chi connectivity index (χ2n) is 6.75. The number of carbonyl (C=O) groups is 2. The third-order valence-electron chi connectivity index (χ3n) is 4.51. The number of carbonyl (C=O) groups excluding carboxylic acids is 1. The van der Waals surface area contributed by atoms with Crippen LogP contribution in [0.1, 0.15) is 23.1 Å². The molecule has 2 rings (SSSR count). The molecule has 0 aliphatic carbocycles. The summed E-state index contributed by atoms with van der Waals surface area (Å²) in [5.74, 6) is -0.433. The summed E-state index contributed by atoms with van der Waals surface area (Å²) in [4.78, 5) is 23.7. The van der Waals surface area contributed by atoms with Gasteiger partial charge in [0.1, 0.15) is 11.5 Å². The molecule has 1 unspecified atom stereocenters. The quantitative estimate of drug-likeness (QED) is 0.657. The number of aliphatic carboxylic acids is 1. The Hall–Kier alpha value is -3.02. The Morgan fingerprint density at radius 1 is 1.04 bits per heavy atom. The minimum Gasteiger partial charge on any atom is -0.497 e. The summed E-state index contributed by atoms with van der Waals surface area (Å²) in [6, 6.07) is 13.2. The standard InChI is InChI=1S/C22H27NO5/c1-15-5-4-6-16(9-15)10-18(22(25)26)14-23-21(24)8-7-17-11-19(27-2)13-20(12-17)28-3/h4-6,9,11-13,18H,7-8,10,14H2,1-3H3,(H,23,24)(H,25,26). The van der Waals surface area contributed by atoms with Crippen LogP contribution in [0.2, 0.25) is 0 Å². The van der Waals surface area contributed by atoms with Crippen LogP contribution < -0.4 is 14.8 Å². The lowest BCUT2D eigenvalue weighted by molar-refractivity contribution is -0.141. The summed E-state index contributed by atoms with van der Waals surface area (Å²) in [5, 5.41) is 12.2. The summed E-state index contributed by atoms with van der Waals surface area (Å²) in [7, 11) is 3.15. The third-order valence-corrected chi connectivity index (χ3v) is 4.51. The SMILES string of the molecule is COc1cc(CCC(=O)NCC(Cc2cccc(C)c2)C(=O)O)cc(OC)c1. The van der Waals surface area contributed by atoms with Gasteiger partial charge in [0, 0.05) is 19.0 Å². The Morgan fingerprint density at radius 3 is 2.29 bits per heavy atom. The number of methoxy groups -OCH3 is 2. The van der Waals surface area contributed by atoms with Gasteiger partial charge in [0.15, 0.2) is 0 Å². The number of ether oxygens (including phenoxy) is 2. The molecule has 0 aliphatic heterocycles. The average Bonchev–Trinajstić information content (AvgIpc) is 2.69. The van der Waals surface area contributed by atoms with E-state index in [0.29, 0.717) is 24.3 Å². The Bertz CT molecular complexity index is 796. The predicted octanol–water partition coefficient (Wildman–Crippen LogP) is 3.00. The zero-order valence-electron chi connectivity index (χ0n) is 16.5. The van der Waals surface area contributed by atoms with Crippen LogP contribution in [0, 0.1) is 12.8 Å². The lowest BCUT2D eigenvalue weighted by atomic mass is 9.98. The molecule has 0 radical (unpaired) electrons. The molecule has 150 valence electrons. The molecule has 0 bridgehead atoms. The number of carboxylic acids is 1. The lowest BCUT2D eigenvalue weighted by Crippen LogP contribution is -2.34. The predicted molar refractivity (Wildman–Crippen MR) is 107 cm³/mol. The van der Waals surface area contributed by atoms with Crippen molar-refractivity contribution >= 4 is 11.9 Å². The van der Waals surface area contributed by atoms with Crippen LogP contribution in [-0.4, -0.2) is 37.7 Å². The minimum atomic E-state index is -0.917. The number of amides is 1. The van der Waals surface area contributed by atoms with Gasteiger partial charge in [-0.2, -0.15) is 0 Å². The van der Waals surface area contributed by atoms with Crippen molar-refractivity contribution in [2.45, 2.75) is 26.2 Å². The summed E-state index contributed by atoms with van der Waals surface area (Å²) in [6.07, 6.45) is 1.15. The Labute approximate surface area is 165 Å². The molecule has 0 aromatic heterocycles. The second kappa shape index (κ2) is 10.3. The number of hydrogen-bond acceptors (Lipinski definition) is 4. The van der Waals surface area contributed by atoms with Gasteiger partial charge in [-0.05, 0) is 43.0 Å². The van der Waals surface area contributed by atoms with Gasteiger partial charge in [-0.3, -0.25) is 9.59 Å². The van der Waals surface area contributed by atoms with Gasteiger partial charge in [-0.25, -0.2) is 0 Å². The van der Waals surface area contributed by atoms with Crippen LogP contribution >= 0.6 is 0 Å². The average molecular weight is 385 g/mol. The molecule has 0 aliphatic rings. The third kappa shape index (κ3) is 6.61. The highest BCUT2D eigenvalue weighted by molar-refractivity contribution is 5.77. The highest BCUT2D eigenvalue weighted by atomic mass is 16.5. The topological polar surface area (TPSA) is 84.9 Å². The minimum absolute atomic E-state index is 0.101. The molecular formula is C22H27NO5. The highest BCUT2D eigenvalue weighted by Gasteiger charge is 2.19. The number of nitrogens with one attached hydrogen (secondary N) is 1. The lowest BCUT2D eigenvalue weighted by Gasteiger charge is -2.14. The molecule has 0 spiro atoms. The molecular weight excluding hydrogens is 358 g/mol. The van der Waals surface area contributed by atoms with Crippen molar-refractivity contribution in [2.24, 2.45) is 5.92 Å². The van der Waals surface area contributed by atoms with Gasteiger partial charge >= 0.3 is 5.97 Å². The van der Waals surface area contributed by atoms with E-state index >= 15 is 0 Å². The van der Waals surface area contributed by atoms with Gasteiger partial charge in [0.2, 0.25) is 5.91 Å². The van der Waals surface area contributed by atoms with Crippen LogP contribution in [0.5, 0.6) is 11.5 Å². The number of benzene rings is 2. The van der Waals surface area contributed by atoms with E-state index in [1.807, 2.05) is 43.3 Å². The molecule has 2 aromatic carbocycles. The molecule has 2 N–H and O–H groups in total. The Balaban J connectivity index is 1.88. The van der Waals surface area contributed by atoms with Gasteiger partial charge in [-0.1, -0.05) is 29.8 Å². The first kappa shape index (κ1) is 21.3. The molecule has 0 fully saturated rings. The fourth-order valence-electron chi connectivity index (χ4n) is 2.96. The maximum absolute atomic E-state index is 12.2. The van der Waals surface area contributed by atoms with Crippen LogP contribution in [0.3, 0.4) is 0 Å².